The van der Waals surface area contributed by atoms with E-state index in [9.17, 15) is 14.4 Å². The number of thiophene rings is 1. The first-order valence-corrected chi connectivity index (χ1v) is 11.2. The molecule has 0 unspecified atom stereocenters. The number of nitrogens with zero attached hydrogens (tertiary/aromatic N) is 1. The molecule has 2 heterocycles. The quantitative estimate of drug-likeness (QED) is 0.340. The van der Waals surface area contributed by atoms with Gasteiger partial charge in [0.15, 0.2) is 24.7 Å². The van der Waals surface area contributed by atoms with Gasteiger partial charge in [0.05, 0.1) is 12.7 Å². The summed E-state index contributed by atoms with van der Waals surface area (Å²) < 4.78 is 17.8. The molecule has 0 atom stereocenters. The molecule has 9 heteroatoms. The second-order valence-electron chi connectivity index (χ2n) is 7.39. The molecule has 0 bridgehead atoms. The maximum atomic E-state index is 12.7. The largest absolute Gasteiger partial charge is 0.493 e. The smallest absolute Gasteiger partial charge is 0.338 e. The van der Waals surface area contributed by atoms with Crippen LogP contribution < -0.4 is 15.2 Å². The van der Waals surface area contributed by atoms with Gasteiger partial charge in [0, 0.05) is 28.4 Å². The molecule has 2 aromatic heterocycles. The van der Waals surface area contributed by atoms with Crippen molar-refractivity contribution in [3.05, 3.63) is 69.2 Å². The number of esters is 1. The van der Waals surface area contributed by atoms with E-state index >= 15 is 0 Å². The number of Topliss-reactive ketones (excluding diaryl/α,β-unsaturated/α-hetero) is 1. The van der Waals surface area contributed by atoms with E-state index in [0.29, 0.717) is 5.56 Å². The Kier molecular flexibility index (Phi) is 7.89. The molecule has 0 saturated carbocycles. The highest BCUT2D eigenvalue weighted by Gasteiger charge is 2.19. The summed E-state index contributed by atoms with van der Waals surface area (Å²) in [5.41, 5.74) is 7.63. The SMILES string of the molecule is COc1cc(C(=O)OCC(=O)c2cc(C)n(CCc3cccs3)c2C)ccc1OCC(N)=O. The van der Waals surface area contributed by atoms with E-state index in [-0.39, 0.29) is 36.1 Å². The normalized spacial score (nSPS) is 10.6. The first kappa shape index (κ1) is 24.1. The van der Waals surface area contributed by atoms with Crippen molar-refractivity contribution in [1.29, 1.82) is 0 Å². The zero-order valence-electron chi connectivity index (χ0n) is 18.8. The molecule has 0 aliphatic rings. The van der Waals surface area contributed by atoms with Crippen LogP contribution in [0, 0.1) is 13.8 Å². The predicted octanol–water partition coefficient (Wildman–Crippen LogP) is 3.32. The summed E-state index contributed by atoms with van der Waals surface area (Å²) in [6.07, 6.45) is 0.887. The molecule has 8 nitrogen and oxygen atoms in total. The zero-order chi connectivity index (χ0) is 24.0. The molecule has 174 valence electrons. The van der Waals surface area contributed by atoms with Crippen LogP contribution in [0.4, 0.5) is 0 Å². The van der Waals surface area contributed by atoms with Crippen molar-refractivity contribution in [2.75, 3.05) is 20.3 Å². The van der Waals surface area contributed by atoms with Crippen LogP contribution in [0.25, 0.3) is 0 Å². The van der Waals surface area contributed by atoms with E-state index in [1.54, 1.807) is 11.3 Å². The van der Waals surface area contributed by atoms with Crippen molar-refractivity contribution in [2.24, 2.45) is 5.73 Å². The lowest BCUT2D eigenvalue weighted by Crippen LogP contribution is -2.20. The lowest BCUT2D eigenvalue weighted by atomic mass is 10.1. The number of amides is 1. The van der Waals surface area contributed by atoms with E-state index in [1.807, 2.05) is 31.4 Å². The number of nitrogens with two attached hydrogens (primary N) is 1. The third kappa shape index (κ3) is 6.01. The number of primary amides is 1. The van der Waals surface area contributed by atoms with Crippen LogP contribution in [0.2, 0.25) is 0 Å². The third-order valence-corrected chi connectivity index (χ3v) is 6.08. The van der Waals surface area contributed by atoms with Crippen LogP contribution in [-0.4, -0.2) is 42.6 Å². The molecule has 0 spiro atoms. The lowest BCUT2D eigenvalue weighted by Gasteiger charge is -2.11. The van der Waals surface area contributed by atoms with E-state index in [4.69, 9.17) is 19.9 Å². The van der Waals surface area contributed by atoms with Gasteiger partial charge >= 0.3 is 5.97 Å². The Labute approximate surface area is 195 Å². The minimum absolute atomic E-state index is 0.187. The molecular formula is C24H26N2O6S. The molecule has 3 aromatic rings. The summed E-state index contributed by atoms with van der Waals surface area (Å²) >= 11 is 1.71. The summed E-state index contributed by atoms with van der Waals surface area (Å²) in [6.45, 7) is 3.93. The molecule has 1 aromatic carbocycles. The van der Waals surface area contributed by atoms with Gasteiger partial charge in [0.25, 0.3) is 5.91 Å². The van der Waals surface area contributed by atoms with Gasteiger partial charge in [-0.2, -0.15) is 0 Å². The molecule has 0 saturated heterocycles. The van der Waals surface area contributed by atoms with Gasteiger partial charge in [-0.3, -0.25) is 9.59 Å². The number of ketones is 1. The second-order valence-corrected chi connectivity index (χ2v) is 8.42. The molecule has 33 heavy (non-hydrogen) atoms. The number of methoxy groups -OCH3 is 1. The minimum Gasteiger partial charge on any atom is -0.493 e. The number of benzene rings is 1. The van der Waals surface area contributed by atoms with E-state index < -0.39 is 11.9 Å². The maximum absolute atomic E-state index is 12.7. The fourth-order valence-electron chi connectivity index (χ4n) is 3.46. The molecule has 1 amide bonds. The van der Waals surface area contributed by atoms with Gasteiger partial charge in [-0.15, -0.1) is 11.3 Å². The van der Waals surface area contributed by atoms with Crippen molar-refractivity contribution < 1.29 is 28.6 Å². The van der Waals surface area contributed by atoms with Crippen LogP contribution in [-0.2, 0) is 22.5 Å². The van der Waals surface area contributed by atoms with Crippen molar-refractivity contribution in [2.45, 2.75) is 26.8 Å². The van der Waals surface area contributed by atoms with E-state index in [0.717, 1.165) is 24.4 Å². The van der Waals surface area contributed by atoms with Crippen molar-refractivity contribution in [3.63, 3.8) is 0 Å². The summed E-state index contributed by atoms with van der Waals surface area (Å²) in [7, 11) is 1.40. The third-order valence-electron chi connectivity index (χ3n) is 5.14. The molecular weight excluding hydrogens is 444 g/mol. The minimum atomic E-state index is -0.672. The summed E-state index contributed by atoms with van der Waals surface area (Å²) in [5, 5.41) is 2.05. The Morgan fingerprint density at radius 1 is 1.06 bits per heavy atom. The highest BCUT2D eigenvalue weighted by molar-refractivity contribution is 7.09. The fraction of sp³-hybridized carbons (Fsp3) is 0.292. The molecule has 0 aliphatic heterocycles. The predicted molar refractivity (Wildman–Crippen MR) is 124 cm³/mol. The van der Waals surface area contributed by atoms with Crippen LogP contribution in [0.3, 0.4) is 0 Å². The Balaban J connectivity index is 1.63. The number of hydrogen-bond acceptors (Lipinski definition) is 7. The summed E-state index contributed by atoms with van der Waals surface area (Å²) in [6, 6.07) is 10.3. The van der Waals surface area contributed by atoms with Crippen LogP contribution in [0.1, 0.15) is 37.0 Å². The van der Waals surface area contributed by atoms with Crippen LogP contribution in [0.15, 0.2) is 41.8 Å². The number of ether oxygens (including phenoxy) is 3. The van der Waals surface area contributed by atoms with Crippen molar-refractivity contribution in [3.8, 4) is 11.5 Å². The van der Waals surface area contributed by atoms with Gasteiger partial charge in [0.2, 0.25) is 5.78 Å². The Hall–Kier alpha value is -3.59. The molecule has 0 fully saturated rings. The number of rotatable bonds is 11. The standard InChI is InChI=1S/C24H26N2O6S/c1-15-11-19(16(2)26(15)9-8-18-5-4-10-33-18)20(27)13-32-24(29)17-6-7-21(22(12-17)30-3)31-14-23(25)28/h4-7,10-12H,8-9,13-14H2,1-3H3,(H2,25,28). The first-order valence-electron chi connectivity index (χ1n) is 10.3. The highest BCUT2D eigenvalue weighted by atomic mass is 32.1. The average Bonchev–Trinajstić information content (AvgIpc) is 3.42. The molecule has 0 aliphatic carbocycles. The average molecular weight is 471 g/mol. The van der Waals surface area contributed by atoms with Gasteiger partial charge in [-0.25, -0.2) is 4.79 Å². The van der Waals surface area contributed by atoms with Gasteiger partial charge in [-0.05, 0) is 56.0 Å². The van der Waals surface area contributed by atoms with Gasteiger partial charge in [0.1, 0.15) is 0 Å². The summed E-state index contributed by atoms with van der Waals surface area (Å²) in [4.78, 5) is 37.4. The first-order chi connectivity index (χ1) is 15.8. The number of aryl methyl sites for hydroxylation is 2. The maximum Gasteiger partial charge on any atom is 0.338 e. The molecule has 0 radical (unpaired) electrons. The van der Waals surface area contributed by atoms with E-state index in [1.165, 1.54) is 30.2 Å². The number of carbonyl (C=O) groups excluding carboxylic acids is 3. The van der Waals surface area contributed by atoms with Gasteiger partial charge < -0.3 is 24.5 Å². The van der Waals surface area contributed by atoms with Crippen LogP contribution in [0.5, 0.6) is 11.5 Å². The number of carbonyl (C=O) groups is 3. The fourth-order valence-corrected chi connectivity index (χ4v) is 4.16. The Morgan fingerprint density at radius 3 is 2.52 bits per heavy atom. The van der Waals surface area contributed by atoms with Crippen molar-refractivity contribution >= 4 is 29.0 Å². The zero-order valence-corrected chi connectivity index (χ0v) is 19.6. The molecule has 3 rings (SSSR count). The number of hydrogen-bond donors (Lipinski definition) is 1. The van der Waals surface area contributed by atoms with Crippen LogP contribution >= 0.6 is 11.3 Å². The monoisotopic (exact) mass is 470 g/mol. The second kappa shape index (κ2) is 10.8. The lowest BCUT2D eigenvalue weighted by molar-refractivity contribution is -0.119. The molecule has 2 N–H and O–H groups in total. The Morgan fingerprint density at radius 2 is 1.85 bits per heavy atom. The summed E-state index contributed by atoms with van der Waals surface area (Å²) in [5.74, 6) is -1.07. The topological polar surface area (TPSA) is 110 Å². The van der Waals surface area contributed by atoms with E-state index in [2.05, 4.69) is 10.6 Å². The van der Waals surface area contributed by atoms with Crippen molar-refractivity contribution in [1.82, 2.24) is 4.57 Å². The van der Waals surface area contributed by atoms with Gasteiger partial charge in [-0.1, -0.05) is 6.07 Å². The number of aromatic nitrogens is 1. The highest BCUT2D eigenvalue weighted by Crippen LogP contribution is 2.28. The Bertz CT molecular complexity index is 1150.